The molecule has 0 N–H and O–H groups in total. The van der Waals surface area contributed by atoms with E-state index in [0.29, 0.717) is 36.4 Å². The maximum atomic E-state index is 12.8. The smallest absolute Gasteiger partial charge is 0.332 e. The van der Waals surface area contributed by atoms with Crippen molar-refractivity contribution in [3.05, 3.63) is 32.4 Å². The summed E-state index contributed by atoms with van der Waals surface area (Å²) in [6.07, 6.45) is 1.43. The van der Waals surface area contributed by atoms with Crippen molar-refractivity contribution in [2.45, 2.75) is 47.1 Å². The Labute approximate surface area is 194 Å². The Morgan fingerprint density at radius 1 is 1.09 bits per heavy atom. The van der Waals surface area contributed by atoms with Gasteiger partial charge in [-0.25, -0.2) is 24.6 Å². The van der Waals surface area contributed by atoms with E-state index in [1.807, 2.05) is 25.5 Å². The number of piperazine rings is 1. The highest BCUT2D eigenvalue weighted by molar-refractivity contribution is 5.71. The van der Waals surface area contributed by atoms with E-state index in [9.17, 15) is 14.4 Å². The van der Waals surface area contributed by atoms with E-state index >= 15 is 0 Å². The third kappa shape index (κ3) is 4.98. The van der Waals surface area contributed by atoms with Crippen molar-refractivity contribution in [3.63, 3.8) is 0 Å². The van der Waals surface area contributed by atoms with Crippen LogP contribution < -0.4 is 11.2 Å². The van der Waals surface area contributed by atoms with Crippen LogP contribution in [0.1, 0.15) is 39.9 Å². The standard InChI is InChI=1S/C23H37N7O3/c1-7-28(8-2)29-13-12-27(18(15-29)16-31)11-9-10-19-24-21-20(25(19)5)22(32)26(6)23(33)30(21)14-17(3)4/h17H,7-15H2,1-6H3. The highest BCUT2D eigenvalue weighted by Crippen LogP contribution is 2.16. The molecule has 10 heteroatoms. The minimum Gasteiger partial charge on any atom is -0.363 e. The average Bonchev–Trinajstić information content (AvgIpc) is 3.12. The fourth-order valence-corrected chi connectivity index (χ4v) is 4.59. The van der Waals surface area contributed by atoms with E-state index in [0.717, 1.165) is 49.5 Å². The van der Waals surface area contributed by atoms with Crippen LogP contribution >= 0.6 is 0 Å². The summed E-state index contributed by atoms with van der Waals surface area (Å²) in [5.41, 5.74) is 0.926. The van der Waals surface area contributed by atoms with E-state index in [1.165, 1.54) is 7.05 Å². The van der Waals surface area contributed by atoms with Gasteiger partial charge >= 0.3 is 5.69 Å². The van der Waals surface area contributed by atoms with Gasteiger partial charge in [-0.3, -0.25) is 13.9 Å². The second kappa shape index (κ2) is 10.5. The van der Waals surface area contributed by atoms with E-state index in [-0.39, 0.29) is 17.2 Å². The first-order valence-electron chi connectivity index (χ1n) is 11.9. The maximum absolute atomic E-state index is 12.8. The lowest BCUT2D eigenvalue weighted by molar-refractivity contribution is -0.0339. The molecule has 2 aromatic rings. The second-order valence-corrected chi connectivity index (χ2v) is 9.08. The highest BCUT2D eigenvalue weighted by Gasteiger charge is 2.25. The molecule has 0 aliphatic carbocycles. The van der Waals surface area contributed by atoms with Gasteiger partial charge in [-0.05, 0) is 12.3 Å². The molecule has 0 bridgehead atoms. The number of carbonyl (C=O) groups excluding carboxylic acids is 1. The molecule has 3 heterocycles. The molecule has 0 spiro atoms. The first-order valence-corrected chi connectivity index (χ1v) is 11.9. The fourth-order valence-electron chi connectivity index (χ4n) is 4.59. The molecule has 2 aromatic heterocycles. The van der Waals surface area contributed by atoms with E-state index in [4.69, 9.17) is 4.98 Å². The van der Waals surface area contributed by atoms with Gasteiger partial charge in [-0.1, -0.05) is 27.7 Å². The Morgan fingerprint density at radius 3 is 2.39 bits per heavy atom. The largest absolute Gasteiger partial charge is 0.363 e. The van der Waals surface area contributed by atoms with Crippen molar-refractivity contribution < 1.29 is 4.79 Å². The van der Waals surface area contributed by atoms with Crippen molar-refractivity contribution in [2.75, 3.05) is 39.3 Å². The summed E-state index contributed by atoms with van der Waals surface area (Å²) in [6.45, 7) is 13.6. The molecular weight excluding hydrogens is 422 g/mol. The van der Waals surface area contributed by atoms with Crippen molar-refractivity contribution >= 4 is 17.1 Å². The molecule has 10 nitrogen and oxygen atoms in total. The summed E-state index contributed by atoms with van der Waals surface area (Å²) in [5, 5.41) is 4.46. The summed E-state index contributed by atoms with van der Waals surface area (Å²) in [7, 11) is 3.34. The van der Waals surface area contributed by atoms with Gasteiger partial charge in [-0.15, -0.1) is 0 Å². The van der Waals surface area contributed by atoms with Crippen LogP contribution in [0, 0.1) is 5.92 Å². The third-order valence-electron chi connectivity index (χ3n) is 6.42. The van der Waals surface area contributed by atoms with Gasteiger partial charge in [0.2, 0.25) is 0 Å². The molecule has 0 atom stereocenters. The topological polar surface area (TPSA) is 88.6 Å². The molecule has 0 aromatic carbocycles. The molecule has 0 amide bonds. The molecular formula is C23H37N7O3. The van der Waals surface area contributed by atoms with Gasteiger partial charge in [0.05, 0.1) is 6.54 Å². The van der Waals surface area contributed by atoms with Crippen LogP contribution in [0.25, 0.3) is 11.2 Å². The Kier molecular flexibility index (Phi) is 7.94. The Balaban J connectivity index is 1.77. The Bertz CT molecular complexity index is 1150. The van der Waals surface area contributed by atoms with Gasteiger partial charge < -0.3 is 9.47 Å². The predicted molar refractivity (Wildman–Crippen MR) is 129 cm³/mol. The quantitative estimate of drug-likeness (QED) is 0.508. The van der Waals surface area contributed by atoms with Crippen LogP contribution in [0.2, 0.25) is 0 Å². The van der Waals surface area contributed by atoms with Crippen molar-refractivity contribution in [2.24, 2.45) is 20.0 Å². The van der Waals surface area contributed by atoms with Crippen LogP contribution in [0.5, 0.6) is 0 Å². The van der Waals surface area contributed by atoms with Crippen molar-refractivity contribution in [1.29, 1.82) is 0 Å². The van der Waals surface area contributed by atoms with Gasteiger partial charge in [-0.2, -0.15) is 0 Å². The summed E-state index contributed by atoms with van der Waals surface area (Å²) in [4.78, 5) is 43.9. The molecule has 0 unspecified atom stereocenters. The second-order valence-electron chi connectivity index (χ2n) is 9.08. The predicted octanol–water partition coefficient (Wildman–Crippen LogP) is 0.612. The number of aromatic nitrogens is 4. The van der Waals surface area contributed by atoms with Crippen LogP contribution in [0.3, 0.4) is 0 Å². The zero-order valence-corrected chi connectivity index (χ0v) is 20.8. The van der Waals surface area contributed by atoms with Crippen molar-refractivity contribution in [3.8, 4) is 0 Å². The van der Waals surface area contributed by atoms with Gasteiger partial charge in [0.1, 0.15) is 17.5 Å². The lowest BCUT2D eigenvalue weighted by Gasteiger charge is -2.41. The average molecular weight is 460 g/mol. The zero-order chi connectivity index (χ0) is 24.3. The van der Waals surface area contributed by atoms with Crippen LogP contribution in [0.4, 0.5) is 0 Å². The molecule has 0 radical (unpaired) electrons. The SMILES string of the molecule is CCN(CC)N1CCN(CCCc2nc3c(c(=O)n(C)c(=O)n3CC(C)C)n2C)C(=C=O)C1. The third-order valence-corrected chi connectivity index (χ3v) is 6.42. The van der Waals surface area contributed by atoms with Crippen LogP contribution in [0.15, 0.2) is 15.3 Å². The molecule has 182 valence electrons. The summed E-state index contributed by atoms with van der Waals surface area (Å²) < 4.78 is 4.57. The molecule has 1 aliphatic heterocycles. The van der Waals surface area contributed by atoms with Crippen LogP contribution in [-0.2, 0) is 31.9 Å². The summed E-state index contributed by atoms with van der Waals surface area (Å²) in [5.74, 6) is 3.15. The van der Waals surface area contributed by atoms with Gasteiger partial charge in [0.15, 0.2) is 11.2 Å². The number of imidazole rings is 1. The normalized spacial score (nSPS) is 15.3. The highest BCUT2D eigenvalue weighted by atomic mass is 16.2. The zero-order valence-electron chi connectivity index (χ0n) is 20.8. The minimum atomic E-state index is -0.335. The lowest BCUT2D eigenvalue weighted by Crippen LogP contribution is -2.52. The minimum absolute atomic E-state index is 0.248. The first kappa shape index (κ1) is 25.0. The van der Waals surface area contributed by atoms with Crippen molar-refractivity contribution in [1.82, 2.24) is 33.6 Å². The molecule has 1 aliphatic rings. The number of hydrazine groups is 1. The van der Waals surface area contributed by atoms with E-state index in [1.54, 1.807) is 4.57 Å². The molecule has 33 heavy (non-hydrogen) atoms. The summed E-state index contributed by atoms with van der Waals surface area (Å²) in [6, 6.07) is 0. The van der Waals surface area contributed by atoms with E-state index < -0.39 is 0 Å². The van der Waals surface area contributed by atoms with Gasteiger partial charge in [0.25, 0.3) is 5.56 Å². The number of rotatable bonds is 9. The lowest BCUT2D eigenvalue weighted by atomic mass is 10.2. The number of fused-ring (bicyclic) bond motifs is 1. The number of nitrogens with zero attached hydrogens (tertiary/aromatic N) is 7. The van der Waals surface area contributed by atoms with Gasteiger partial charge in [0, 0.05) is 59.8 Å². The number of hydrogen-bond acceptors (Lipinski definition) is 7. The molecule has 1 saturated heterocycles. The Hall–Kier alpha value is -2.68. The monoisotopic (exact) mass is 459 g/mol. The van der Waals surface area contributed by atoms with E-state index in [2.05, 4.69) is 34.7 Å². The molecule has 1 fully saturated rings. The first-order chi connectivity index (χ1) is 15.7. The maximum Gasteiger partial charge on any atom is 0.332 e. The Morgan fingerprint density at radius 2 is 1.79 bits per heavy atom. The fraction of sp³-hybridized carbons (Fsp3) is 0.696. The number of aryl methyl sites for hydroxylation is 2. The van der Waals surface area contributed by atoms with Crippen LogP contribution in [-0.4, -0.2) is 78.8 Å². The number of hydrogen-bond donors (Lipinski definition) is 0. The summed E-state index contributed by atoms with van der Waals surface area (Å²) >= 11 is 0. The molecule has 0 saturated carbocycles. The molecule has 3 rings (SSSR count).